The topological polar surface area (TPSA) is 98.7 Å². The first-order valence-electron chi connectivity index (χ1n) is 9.62. The molecule has 0 saturated heterocycles. The lowest BCUT2D eigenvalue weighted by Gasteiger charge is -2.12. The van der Waals surface area contributed by atoms with Crippen LogP contribution in [0.3, 0.4) is 0 Å². The van der Waals surface area contributed by atoms with Gasteiger partial charge < -0.3 is 15.6 Å². The van der Waals surface area contributed by atoms with E-state index in [-0.39, 0.29) is 5.91 Å². The highest BCUT2D eigenvalue weighted by Crippen LogP contribution is 2.36. The van der Waals surface area contributed by atoms with E-state index in [9.17, 15) is 4.79 Å². The van der Waals surface area contributed by atoms with Crippen molar-refractivity contribution in [3.8, 4) is 5.69 Å². The van der Waals surface area contributed by atoms with Crippen LogP contribution >= 0.6 is 0 Å². The summed E-state index contributed by atoms with van der Waals surface area (Å²) in [5, 5.41) is 2.94. The van der Waals surface area contributed by atoms with E-state index < -0.39 is 0 Å². The van der Waals surface area contributed by atoms with Crippen molar-refractivity contribution >= 4 is 28.4 Å². The zero-order valence-electron chi connectivity index (χ0n) is 15.8. The number of carbonyl (C=O) groups excluding carboxylic acids is 1. The number of aromatic nitrogens is 4. The van der Waals surface area contributed by atoms with Gasteiger partial charge in [0.1, 0.15) is 11.8 Å². The molecular weight excluding hydrogens is 364 g/mol. The van der Waals surface area contributed by atoms with Crippen molar-refractivity contribution in [3.63, 3.8) is 0 Å². The lowest BCUT2D eigenvalue weighted by atomic mass is 10.2. The molecule has 1 aliphatic rings. The molecule has 0 spiro atoms. The van der Waals surface area contributed by atoms with Crippen LogP contribution in [0.4, 0.5) is 11.5 Å². The first kappa shape index (κ1) is 17.4. The molecule has 3 N–H and O–H groups in total. The summed E-state index contributed by atoms with van der Waals surface area (Å²) >= 11 is 0. The zero-order valence-corrected chi connectivity index (χ0v) is 15.8. The van der Waals surface area contributed by atoms with E-state index in [1.165, 1.54) is 17.6 Å². The van der Waals surface area contributed by atoms with Crippen molar-refractivity contribution in [1.29, 1.82) is 0 Å². The third-order valence-electron chi connectivity index (χ3n) is 5.32. The highest BCUT2D eigenvalue weighted by molar-refractivity contribution is 5.93. The number of rotatable bonds is 4. The molecule has 29 heavy (non-hydrogen) atoms. The number of carbonyl (C=O) groups is 1. The van der Waals surface area contributed by atoms with Crippen LogP contribution in [0.15, 0.2) is 55.1 Å². The van der Waals surface area contributed by atoms with Gasteiger partial charge in [-0.1, -0.05) is 6.07 Å². The standard InChI is InChI=1S/C22H20N6O/c23-22-21-20(25-13-26-22)17-4-1-5-18(17)28(21)16-8-6-15(7-9-16)27-19(29)11-14-3-2-10-24-12-14/h2-3,6-10,12-13H,1,4-5,11H2,(H,27,29)(H2,23,25,26). The van der Waals surface area contributed by atoms with E-state index in [2.05, 4.69) is 24.8 Å². The average molecular weight is 384 g/mol. The van der Waals surface area contributed by atoms with Crippen molar-refractivity contribution in [3.05, 3.63) is 71.9 Å². The summed E-state index contributed by atoms with van der Waals surface area (Å²) in [5.74, 6) is 0.411. The fourth-order valence-corrected chi connectivity index (χ4v) is 4.07. The monoisotopic (exact) mass is 384 g/mol. The van der Waals surface area contributed by atoms with Gasteiger partial charge in [0.2, 0.25) is 5.91 Å². The van der Waals surface area contributed by atoms with Gasteiger partial charge in [-0.05, 0) is 60.7 Å². The van der Waals surface area contributed by atoms with Gasteiger partial charge in [0.05, 0.1) is 11.9 Å². The van der Waals surface area contributed by atoms with E-state index >= 15 is 0 Å². The molecule has 0 atom stereocenters. The number of nitrogen functional groups attached to an aromatic ring is 1. The van der Waals surface area contributed by atoms with Crippen LogP contribution in [-0.4, -0.2) is 25.4 Å². The minimum atomic E-state index is -0.0734. The molecule has 1 aromatic carbocycles. The number of nitrogens with zero attached hydrogens (tertiary/aromatic N) is 4. The summed E-state index contributed by atoms with van der Waals surface area (Å²) in [6, 6.07) is 11.5. The lowest BCUT2D eigenvalue weighted by Crippen LogP contribution is -2.14. The van der Waals surface area contributed by atoms with Gasteiger partial charge in [-0.15, -0.1) is 0 Å². The van der Waals surface area contributed by atoms with Crippen LogP contribution in [0, 0.1) is 0 Å². The molecule has 144 valence electrons. The second kappa shape index (κ2) is 7.01. The van der Waals surface area contributed by atoms with Gasteiger partial charge in [0, 0.05) is 29.5 Å². The zero-order chi connectivity index (χ0) is 19.8. The fraction of sp³-hybridized carbons (Fsp3) is 0.182. The first-order chi connectivity index (χ1) is 14.2. The number of nitrogens with two attached hydrogens (primary N) is 1. The van der Waals surface area contributed by atoms with Crippen molar-refractivity contribution in [1.82, 2.24) is 19.5 Å². The van der Waals surface area contributed by atoms with Crippen LogP contribution in [0.2, 0.25) is 0 Å². The van der Waals surface area contributed by atoms with Crippen LogP contribution in [-0.2, 0) is 24.1 Å². The minimum absolute atomic E-state index is 0.0734. The van der Waals surface area contributed by atoms with Crippen LogP contribution < -0.4 is 11.1 Å². The largest absolute Gasteiger partial charge is 0.382 e. The number of amides is 1. The Kier molecular flexibility index (Phi) is 4.20. The van der Waals surface area contributed by atoms with Crippen molar-refractivity contribution in [2.75, 3.05) is 11.1 Å². The summed E-state index contributed by atoms with van der Waals surface area (Å²) in [6.07, 6.45) is 8.34. The molecule has 1 aliphatic carbocycles. The molecule has 7 heteroatoms. The van der Waals surface area contributed by atoms with Gasteiger partial charge in [0.15, 0.2) is 5.82 Å². The number of benzene rings is 1. The van der Waals surface area contributed by atoms with Gasteiger partial charge in [-0.2, -0.15) is 0 Å². The maximum atomic E-state index is 12.3. The molecular formula is C22H20N6O. The van der Waals surface area contributed by atoms with Crippen LogP contribution in [0.25, 0.3) is 16.7 Å². The number of fused-ring (bicyclic) bond motifs is 3. The number of hydrogen-bond acceptors (Lipinski definition) is 5. The van der Waals surface area contributed by atoms with Gasteiger partial charge in [0.25, 0.3) is 0 Å². The Morgan fingerprint density at radius 3 is 2.79 bits per heavy atom. The predicted octanol–water partition coefficient (Wildman–Crippen LogP) is 3.07. The maximum Gasteiger partial charge on any atom is 0.228 e. The minimum Gasteiger partial charge on any atom is -0.382 e. The SMILES string of the molecule is Nc1ncnc2c3c(n(-c4ccc(NC(=O)Cc5cccnc5)cc4)c12)CCC3. The number of pyridine rings is 1. The Balaban J connectivity index is 1.43. The molecule has 0 saturated carbocycles. The van der Waals surface area contributed by atoms with Crippen LogP contribution in [0.5, 0.6) is 0 Å². The summed E-state index contributed by atoms with van der Waals surface area (Å²) in [6.45, 7) is 0. The Morgan fingerprint density at radius 1 is 1.14 bits per heavy atom. The maximum absolute atomic E-state index is 12.3. The third-order valence-corrected chi connectivity index (χ3v) is 5.32. The van der Waals surface area contributed by atoms with Crippen molar-refractivity contribution < 1.29 is 4.79 Å². The third kappa shape index (κ3) is 3.10. The van der Waals surface area contributed by atoms with Gasteiger partial charge >= 0.3 is 0 Å². The van der Waals surface area contributed by atoms with Crippen molar-refractivity contribution in [2.24, 2.45) is 0 Å². The van der Waals surface area contributed by atoms with E-state index in [0.29, 0.717) is 12.2 Å². The smallest absolute Gasteiger partial charge is 0.228 e. The van der Waals surface area contributed by atoms with Crippen molar-refractivity contribution in [2.45, 2.75) is 25.7 Å². The molecule has 0 aliphatic heterocycles. The first-order valence-corrected chi connectivity index (χ1v) is 9.62. The molecule has 0 fully saturated rings. The second-order valence-electron chi connectivity index (χ2n) is 7.20. The molecule has 4 aromatic rings. The Hall–Kier alpha value is -3.74. The van der Waals surface area contributed by atoms with E-state index in [1.807, 2.05) is 36.4 Å². The summed E-state index contributed by atoms with van der Waals surface area (Å²) in [7, 11) is 0. The Labute approximate surface area is 167 Å². The molecule has 1 amide bonds. The highest BCUT2D eigenvalue weighted by atomic mass is 16.1. The van der Waals surface area contributed by atoms with Gasteiger partial charge in [-0.3, -0.25) is 9.78 Å². The lowest BCUT2D eigenvalue weighted by molar-refractivity contribution is -0.115. The molecule has 0 radical (unpaired) electrons. The van der Waals surface area contributed by atoms with E-state index in [0.717, 1.165) is 47.2 Å². The number of hydrogen-bond donors (Lipinski definition) is 2. The summed E-state index contributed by atoms with van der Waals surface area (Å²) in [5.41, 5.74) is 13.1. The van der Waals surface area contributed by atoms with Gasteiger partial charge in [-0.25, -0.2) is 9.97 Å². The molecule has 0 bridgehead atoms. The van der Waals surface area contributed by atoms with Crippen LogP contribution in [0.1, 0.15) is 23.2 Å². The molecule has 7 nitrogen and oxygen atoms in total. The second-order valence-corrected chi connectivity index (χ2v) is 7.20. The molecule has 5 rings (SSSR count). The highest BCUT2D eigenvalue weighted by Gasteiger charge is 2.25. The predicted molar refractivity (Wildman–Crippen MR) is 112 cm³/mol. The number of nitrogens with one attached hydrogen (secondary N) is 1. The normalized spacial score (nSPS) is 12.8. The number of aryl methyl sites for hydroxylation is 1. The summed E-state index contributed by atoms with van der Waals surface area (Å²) in [4.78, 5) is 25.0. The van der Waals surface area contributed by atoms with E-state index in [1.54, 1.807) is 12.4 Å². The Morgan fingerprint density at radius 2 is 2.00 bits per heavy atom. The molecule has 0 unspecified atom stereocenters. The number of anilines is 2. The Bertz CT molecular complexity index is 1200. The summed E-state index contributed by atoms with van der Waals surface area (Å²) < 4.78 is 2.16. The average Bonchev–Trinajstić information content (AvgIpc) is 3.31. The van der Waals surface area contributed by atoms with E-state index in [4.69, 9.17) is 5.73 Å². The quantitative estimate of drug-likeness (QED) is 0.563. The fourth-order valence-electron chi connectivity index (χ4n) is 4.07. The molecule has 3 heterocycles. The molecule has 3 aromatic heterocycles.